The van der Waals surface area contributed by atoms with Gasteiger partial charge in [0, 0.05) is 6.61 Å². The molecule has 0 radical (unpaired) electrons. The van der Waals surface area contributed by atoms with Crippen molar-refractivity contribution in [1.29, 1.82) is 0 Å². The van der Waals surface area contributed by atoms with Crippen molar-refractivity contribution in [2.24, 2.45) is 0 Å². The fourth-order valence-electron chi connectivity index (χ4n) is 1.62. The summed E-state index contributed by atoms with van der Waals surface area (Å²) < 4.78 is 10.2. The third-order valence-corrected chi connectivity index (χ3v) is 2.62. The Labute approximate surface area is 116 Å². The first-order valence-corrected chi connectivity index (χ1v) is 6.27. The van der Waals surface area contributed by atoms with Gasteiger partial charge < -0.3 is 19.7 Å². The van der Waals surface area contributed by atoms with Gasteiger partial charge in [-0.3, -0.25) is 9.59 Å². The number of hydrogen-bond acceptors (Lipinski definition) is 5. The molecule has 0 saturated carbocycles. The fraction of sp³-hybridized carbons (Fsp3) is 0.429. The average Bonchev–Trinajstić information content (AvgIpc) is 2.44. The van der Waals surface area contributed by atoms with E-state index in [2.05, 4.69) is 0 Å². The number of ether oxygens (including phenoxy) is 2. The molecule has 0 saturated heterocycles. The zero-order valence-electron chi connectivity index (χ0n) is 11.3. The number of methoxy groups -OCH3 is 1. The summed E-state index contributed by atoms with van der Waals surface area (Å²) >= 11 is 0. The predicted octanol–water partition coefficient (Wildman–Crippen LogP) is 1.39. The van der Waals surface area contributed by atoms with E-state index in [0.29, 0.717) is 18.6 Å². The number of carboxylic acids is 1. The van der Waals surface area contributed by atoms with Crippen molar-refractivity contribution < 1.29 is 29.3 Å². The average molecular weight is 282 g/mol. The van der Waals surface area contributed by atoms with Crippen LogP contribution in [0, 0.1) is 0 Å². The zero-order chi connectivity index (χ0) is 15.0. The number of benzene rings is 1. The van der Waals surface area contributed by atoms with Crippen LogP contribution >= 0.6 is 0 Å². The van der Waals surface area contributed by atoms with Gasteiger partial charge in [-0.05, 0) is 30.5 Å². The minimum Gasteiger partial charge on any atom is -0.493 e. The molecule has 110 valence electrons. The molecule has 0 amide bonds. The van der Waals surface area contributed by atoms with Crippen molar-refractivity contribution in [1.82, 2.24) is 0 Å². The summed E-state index contributed by atoms with van der Waals surface area (Å²) in [6.07, 6.45) is 0.876. The van der Waals surface area contributed by atoms with Crippen molar-refractivity contribution in [3.05, 3.63) is 23.8 Å². The Hall–Kier alpha value is -2.08. The number of carboxylic acid groups (broad SMARTS) is 1. The maximum absolute atomic E-state index is 11.5. The van der Waals surface area contributed by atoms with Gasteiger partial charge in [-0.25, -0.2) is 0 Å². The van der Waals surface area contributed by atoms with E-state index in [1.807, 2.05) is 0 Å². The number of aliphatic carboxylic acids is 1. The molecule has 0 spiro atoms. The second-order valence-electron chi connectivity index (χ2n) is 4.18. The Morgan fingerprint density at radius 2 is 1.95 bits per heavy atom. The number of hydrogen-bond donors (Lipinski definition) is 2. The second-order valence-corrected chi connectivity index (χ2v) is 4.18. The zero-order valence-corrected chi connectivity index (χ0v) is 11.3. The predicted molar refractivity (Wildman–Crippen MR) is 70.9 cm³/mol. The summed E-state index contributed by atoms with van der Waals surface area (Å²) in [7, 11) is 1.46. The standard InChI is InChI=1S/C14H18O6/c1-19-12-9-10(3-2-8-15)4-5-11(12)20-14(18)7-6-13(16)17/h4-5,9,15H,2-3,6-8H2,1H3,(H,16,17). The minimum absolute atomic E-state index is 0.105. The monoisotopic (exact) mass is 282 g/mol. The lowest BCUT2D eigenvalue weighted by Gasteiger charge is -2.10. The first kappa shape index (κ1) is 16.0. The van der Waals surface area contributed by atoms with Gasteiger partial charge in [-0.1, -0.05) is 6.07 Å². The highest BCUT2D eigenvalue weighted by Crippen LogP contribution is 2.28. The molecule has 0 aliphatic carbocycles. The lowest BCUT2D eigenvalue weighted by Crippen LogP contribution is -2.11. The molecule has 0 bridgehead atoms. The van der Waals surface area contributed by atoms with Crippen LogP contribution in [0.25, 0.3) is 0 Å². The molecule has 0 unspecified atom stereocenters. The van der Waals surface area contributed by atoms with Gasteiger partial charge in [0.05, 0.1) is 20.0 Å². The molecular weight excluding hydrogens is 264 g/mol. The van der Waals surface area contributed by atoms with Crippen LogP contribution in [-0.2, 0) is 16.0 Å². The van der Waals surface area contributed by atoms with Crippen molar-refractivity contribution in [3.63, 3.8) is 0 Å². The Morgan fingerprint density at radius 3 is 2.55 bits per heavy atom. The first-order chi connectivity index (χ1) is 9.56. The van der Waals surface area contributed by atoms with Crippen LogP contribution in [0.1, 0.15) is 24.8 Å². The van der Waals surface area contributed by atoms with Crippen LogP contribution in [0.2, 0.25) is 0 Å². The molecule has 0 atom stereocenters. The van der Waals surface area contributed by atoms with Gasteiger partial charge >= 0.3 is 11.9 Å². The smallest absolute Gasteiger partial charge is 0.311 e. The maximum atomic E-state index is 11.5. The van der Waals surface area contributed by atoms with E-state index in [4.69, 9.17) is 19.7 Å². The molecule has 0 aliphatic heterocycles. The summed E-state index contributed by atoms with van der Waals surface area (Å²) in [6.45, 7) is 0.105. The summed E-state index contributed by atoms with van der Waals surface area (Å²) in [5, 5.41) is 17.3. The summed E-state index contributed by atoms with van der Waals surface area (Å²) in [6, 6.07) is 5.11. The highest BCUT2D eigenvalue weighted by molar-refractivity contribution is 5.78. The number of rotatable bonds is 8. The van der Waals surface area contributed by atoms with Gasteiger partial charge in [-0.2, -0.15) is 0 Å². The van der Waals surface area contributed by atoms with Crippen molar-refractivity contribution in [3.8, 4) is 11.5 Å². The van der Waals surface area contributed by atoms with E-state index in [9.17, 15) is 9.59 Å². The molecule has 2 N–H and O–H groups in total. The molecule has 0 aliphatic rings. The Morgan fingerprint density at radius 1 is 1.20 bits per heavy atom. The molecular formula is C14H18O6. The third-order valence-electron chi connectivity index (χ3n) is 2.62. The van der Waals surface area contributed by atoms with E-state index in [-0.39, 0.29) is 25.2 Å². The Bertz CT molecular complexity index is 469. The molecule has 0 heterocycles. The molecule has 20 heavy (non-hydrogen) atoms. The van der Waals surface area contributed by atoms with Crippen LogP contribution in [0.4, 0.5) is 0 Å². The van der Waals surface area contributed by atoms with Crippen LogP contribution in [0.3, 0.4) is 0 Å². The topological polar surface area (TPSA) is 93.1 Å². The largest absolute Gasteiger partial charge is 0.493 e. The normalized spacial score (nSPS) is 10.1. The number of aryl methyl sites for hydroxylation is 1. The fourth-order valence-corrected chi connectivity index (χ4v) is 1.62. The van der Waals surface area contributed by atoms with E-state index >= 15 is 0 Å². The Balaban J connectivity index is 2.69. The summed E-state index contributed by atoms with van der Waals surface area (Å²) in [4.78, 5) is 21.8. The van der Waals surface area contributed by atoms with E-state index in [0.717, 1.165) is 5.56 Å². The molecule has 6 nitrogen and oxygen atoms in total. The lowest BCUT2D eigenvalue weighted by atomic mass is 10.1. The minimum atomic E-state index is -1.05. The van der Waals surface area contributed by atoms with E-state index in [1.165, 1.54) is 7.11 Å². The lowest BCUT2D eigenvalue weighted by molar-refractivity contribution is -0.142. The highest BCUT2D eigenvalue weighted by atomic mass is 16.6. The molecule has 0 fully saturated rings. The highest BCUT2D eigenvalue weighted by Gasteiger charge is 2.12. The van der Waals surface area contributed by atoms with Gasteiger partial charge in [0.1, 0.15) is 0 Å². The van der Waals surface area contributed by atoms with Crippen LogP contribution < -0.4 is 9.47 Å². The Kier molecular flexibility index (Phi) is 6.52. The number of esters is 1. The van der Waals surface area contributed by atoms with Gasteiger partial charge in [0.25, 0.3) is 0 Å². The number of carbonyl (C=O) groups is 2. The number of aliphatic hydroxyl groups is 1. The summed E-state index contributed by atoms with van der Waals surface area (Å²) in [5.41, 5.74) is 0.959. The van der Waals surface area contributed by atoms with Gasteiger partial charge in [0.2, 0.25) is 0 Å². The summed E-state index contributed by atoms with van der Waals surface area (Å²) in [5.74, 6) is -0.998. The number of aliphatic hydroxyl groups excluding tert-OH is 1. The van der Waals surface area contributed by atoms with Crippen molar-refractivity contribution >= 4 is 11.9 Å². The van der Waals surface area contributed by atoms with Crippen LogP contribution in [0.5, 0.6) is 11.5 Å². The van der Waals surface area contributed by atoms with Crippen LogP contribution in [-0.4, -0.2) is 35.9 Å². The second kappa shape index (κ2) is 8.16. The molecule has 1 aromatic carbocycles. The SMILES string of the molecule is COc1cc(CCCO)ccc1OC(=O)CCC(=O)O. The van der Waals surface area contributed by atoms with Gasteiger partial charge in [-0.15, -0.1) is 0 Å². The molecule has 6 heteroatoms. The van der Waals surface area contributed by atoms with E-state index in [1.54, 1.807) is 18.2 Å². The molecule has 1 aromatic rings. The van der Waals surface area contributed by atoms with E-state index < -0.39 is 11.9 Å². The number of carbonyl (C=O) groups excluding carboxylic acids is 1. The van der Waals surface area contributed by atoms with Gasteiger partial charge in [0.15, 0.2) is 11.5 Å². The first-order valence-electron chi connectivity index (χ1n) is 6.27. The van der Waals surface area contributed by atoms with Crippen molar-refractivity contribution in [2.75, 3.05) is 13.7 Å². The quantitative estimate of drug-likeness (QED) is 0.553. The molecule has 1 rings (SSSR count). The van der Waals surface area contributed by atoms with Crippen molar-refractivity contribution in [2.45, 2.75) is 25.7 Å². The molecule has 0 aromatic heterocycles. The van der Waals surface area contributed by atoms with Crippen LogP contribution in [0.15, 0.2) is 18.2 Å². The maximum Gasteiger partial charge on any atom is 0.311 e. The third kappa shape index (κ3) is 5.27.